The number of fused-ring (bicyclic) bond motifs is 1. The second-order valence-corrected chi connectivity index (χ2v) is 3.18. The molecule has 17 heavy (non-hydrogen) atoms. The number of H-pyrrole nitrogens is 1. The SMILES string of the molecule is O=C(O)Cc1nc2c([N+](=O)[O-])cccc2[nH]1.[H-].[Li+]. The Morgan fingerprint density at radius 1 is 1.59 bits per heavy atom. The van der Waals surface area contributed by atoms with Crippen molar-refractivity contribution in [2.75, 3.05) is 0 Å². The second-order valence-electron chi connectivity index (χ2n) is 3.18. The number of benzene rings is 1. The van der Waals surface area contributed by atoms with Gasteiger partial charge in [-0.3, -0.25) is 14.9 Å². The number of hydrogen-bond donors (Lipinski definition) is 2. The van der Waals surface area contributed by atoms with E-state index in [1.165, 1.54) is 12.1 Å². The zero-order chi connectivity index (χ0) is 11.7. The van der Waals surface area contributed by atoms with Crippen LogP contribution < -0.4 is 18.9 Å². The Labute approximate surface area is 109 Å². The maximum atomic E-state index is 10.7. The molecular formula is C9H8LiN3O4. The van der Waals surface area contributed by atoms with Crippen LogP contribution in [0.4, 0.5) is 5.69 Å². The molecule has 0 amide bonds. The number of carboxylic acids is 1. The van der Waals surface area contributed by atoms with Crippen LogP contribution in [-0.2, 0) is 11.2 Å². The number of aliphatic carboxylic acids is 1. The number of carbonyl (C=O) groups is 1. The Balaban J connectivity index is 0.00000144. The third-order valence-electron chi connectivity index (χ3n) is 2.06. The minimum absolute atomic E-state index is 0. The Morgan fingerprint density at radius 2 is 2.29 bits per heavy atom. The van der Waals surface area contributed by atoms with E-state index < -0.39 is 10.9 Å². The number of nitrogens with zero attached hydrogens (tertiary/aromatic N) is 2. The van der Waals surface area contributed by atoms with Crippen molar-refractivity contribution in [1.82, 2.24) is 9.97 Å². The smallest absolute Gasteiger partial charge is 1.00 e. The molecule has 2 aromatic rings. The largest absolute Gasteiger partial charge is 1.00 e. The van der Waals surface area contributed by atoms with Crippen molar-refractivity contribution in [2.45, 2.75) is 6.42 Å². The minimum atomic E-state index is -1.04. The summed E-state index contributed by atoms with van der Waals surface area (Å²) in [6.07, 6.45) is -0.286. The van der Waals surface area contributed by atoms with Gasteiger partial charge in [-0.05, 0) is 6.07 Å². The van der Waals surface area contributed by atoms with Gasteiger partial charge in [0, 0.05) is 6.07 Å². The van der Waals surface area contributed by atoms with Crippen LogP contribution in [0, 0.1) is 10.1 Å². The van der Waals surface area contributed by atoms with Crippen molar-refractivity contribution in [3.8, 4) is 0 Å². The van der Waals surface area contributed by atoms with Crippen LogP contribution in [0.3, 0.4) is 0 Å². The van der Waals surface area contributed by atoms with Crippen molar-refractivity contribution in [3.05, 3.63) is 34.1 Å². The number of nitrogens with one attached hydrogen (secondary N) is 1. The third-order valence-corrected chi connectivity index (χ3v) is 2.06. The number of hydrogen-bond acceptors (Lipinski definition) is 4. The summed E-state index contributed by atoms with van der Waals surface area (Å²) in [6, 6.07) is 4.46. The van der Waals surface area contributed by atoms with Crippen LogP contribution in [0.2, 0.25) is 0 Å². The Bertz CT molecular complexity index is 586. The van der Waals surface area contributed by atoms with Crippen LogP contribution in [0.25, 0.3) is 11.0 Å². The molecule has 1 aromatic heterocycles. The van der Waals surface area contributed by atoms with Gasteiger partial charge < -0.3 is 11.5 Å². The molecule has 2 rings (SSSR count). The van der Waals surface area contributed by atoms with Crippen LogP contribution in [-0.4, -0.2) is 26.0 Å². The average molecular weight is 229 g/mol. The van der Waals surface area contributed by atoms with Crippen LogP contribution in [0.5, 0.6) is 0 Å². The molecule has 0 aliphatic heterocycles. The molecular weight excluding hydrogens is 221 g/mol. The summed E-state index contributed by atoms with van der Waals surface area (Å²) >= 11 is 0. The molecule has 7 nitrogen and oxygen atoms in total. The summed E-state index contributed by atoms with van der Waals surface area (Å²) in [5.74, 6) is -0.835. The van der Waals surface area contributed by atoms with Crippen molar-refractivity contribution in [3.63, 3.8) is 0 Å². The maximum absolute atomic E-state index is 10.7. The van der Waals surface area contributed by atoms with Crippen molar-refractivity contribution in [2.24, 2.45) is 0 Å². The van der Waals surface area contributed by atoms with E-state index in [-0.39, 0.29) is 43.7 Å². The predicted molar refractivity (Wildman–Crippen MR) is 55.2 cm³/mol. The third kappa shape index (κ3) is 2.64. The number of aromatic amines is 1. The number of para-hydroxylation sites is 1. The first kappa shape index (κ1) is 13.2. The molecule has 0 spiro atoms. The number of carboxylic acid groups (broad SMARTS) is 1. The Morgan fingerprint density at radius 3 is 2.88 bits per heavy atom. The Kier molecular flexibility index (Phi) is 3.88. The molecule has 0 bridgehead atoms. The van der Waals surface area contributed by atoms with Gasteiger partial charge in [0.05, 0.1) is 10.4 Å². The van der Waals surface area contributed by atoms with E-state index in [1.54, 1.807) is 6.07 Å². The summed E-state index contributed by atoms with van der Waals surface area (Å²) in [7, 11) is 0. The van der Waals surface area contributed by atoms with Gasteiger partial charge in [0.25, 0.3) is 5.69 Å². The number of aromatic nitrogens is 2. The zero-order valence-corrected chi connectivity index (χ0v) is 9.01. The molecule has 2 N–H and O–H groups in total. The molecule has 0 saturated carbocycles. The van der Waals surface area contributed by atoms with E-state index in [1.807, 2.05) is 0 Å². The van der Waals surface area contributed by atoms with Crippen LogP contribution in [0.15, 0.2) is 18.2 Å². The first-order valence-corrected chi connectivity index (χ1v) is 4.41. The minimum Gasteiger partial charge on any atom is -1.00 e. The molecule has 8 heteroatoms. The molecule has 1 aromatic carbocycles. The van der Waals surface area contributed by atoms with Crippen molar-refractivity contribution < 1.29 is 35.1 Å². The normalized spacial score (nSPS) is 9.88. The zero-order valence-electron chi connectivity index (χ0n) is 10.0. The van der Waals surface area contributed by atoms with E-state index in [0.717, 1.165) is 0 Å². The van der Waals surface area contributed by atoms with Gasteiger partial charge in [0.1, 0.15) is 12.2 Å². The van der Waals surface area contributed by atoms with Gasteiger partial charge >= 0.3 is 24.8 Å². The summed E-state index contributed by atoms with van der Waals surface area (Å²) in [5, 5.41) is 19.3. The summed E-state index contributed by atoms with van der Waals surface area (Å²) < 4.78 is 0. The number of rotatable bonds is 3. The quantitative estimate of drug-likeness (QED) is 0.367. The number of nitro groups is 1. The van der Waals surface area contributed by atoms with Gasteiger partial charge in [-0.2, -0.15) is 0 Å². The molecule has 0 aliphatic rings. The molecule has 0 saturated heterocycles. The van der Waals surface area contributed by atoms with Gasteiger partial charge in [0.2, 0.25) is 0 Å². The fourth-order valence-corrected chi connectivity index (χ4v) is 1.44. The fraction of sp³-hybridized carbons (Fsp3) is 0.111. The van der Waals surface area contributed by atoms with Gasteiger partial charge in [-0.1, -0.05) is 6.07 Å². The molecule has 0 fully saturated rings. The van der Waals surface area contributed by atoms with Gasteiger partial charge in [-0.15, -0.1) is 0 Å². The van der Waals surface area contributed by atoms with E-state index >= 15 is 0 Å². The first-order chi connectivity index (χ1) is 7.58. The topological polar surface area (TPSA) is 109 Å². The number of non-ortho nitro benzene ring substituents is 1. The number of imidazole rings is 1. The summed E-state index contributed by atoms with van der Waals surface area (Å²) in [6.45, 7) is 0. The van der Waals surface area contributed by atoms with Crippen molar-refractivity contribution in [1.29, 1.82) is 0 Å². The van der Waals surface area contributed by atoms with Crippen LogP contribution in [0.1, 0.15) is 7.25 Å². The average Bonchev–Trinajstić information content (AvgIpc) is 2.57. The molecule has 0 atom stereocenters. The first-order valence-electron chi connectivity index (χ1n) is 4.41. The second kappa shape index (κ2) is 4.99. The number of nitro benzene ring substituents is 1. The molecule has 0 aliphatic carbocycles. The van der Waals surface area contributed by atoms with E-state index in [4.69, 9.17) is 5.11 Å². The van der Waals surface area contributed by atoms with E-state index in [0.29, 0.717) is 5.52 Å². The molecule has 0 unspecified atom stereocenters. The Hall–Kier alpha value is -1.84. The predicted octanol–water partition coefficient (Wildman–Crippen LogP) is -1.79. The van der Waals surface area contributed by atoms with Gasteiger partial charge in [0.15, 0.2) is 5.52 Å². The van der Waals surface area contributed by atoms with Crippen molar-refractivity contribution >= 4 is 22.7 Å². The molecule has 0 radical (unpaired) electrons. The molecule has 84 valence electrons. The monoisotopic (exact) mass is 229 g/mol. The molecule has 1 heterocycles. The summed E-state index contributed by atoms with van der Waals surface area (Å²) in [4.78, 5) is 27.2. The maximum Gasteiger partial charge on any atom is 1.00 e. The standard InChI is InChI=1S/C9H7N3O4.Li.H/c13-8(14)4-7-10-5-2-1-3-6(12(15)16)9(5)11-7;;/h1-3H,4H2,(H,10,11)(H,13,14);;/q;+1;-1. The summed E-state index contributed by atoms with van der Waals surface area (Å²) in [5.41, 5.74) is 0.514. The van der Waals surface area contributed by atoms with E-state index in [9.17, 15) is 14.9 Å². The van der Waals surface area contributed by atoms with E-state index in [2.05, 4.69) is 9.97 Å². The van der Waals surface area contributed by atoms with Gasteiger partial charge in [-0.25, -0.2) is 4.98 Å². The van der Waals surface area contributed by atoms with Crippen LogP contribution >= 0.6 is 0 Å². The fourth-order valence-electron chi connectivity index (χ4n) is 1.44.